The number of likely N-dealkylation sites (tertiary alicyclic amines) is 1. The number of methoxy groups -OCH3 is 1. The smallest absolute Gasteiger partial charge is 0.253 e. The molecule has 6 heteroatoms. The highest BCUT2D eigenvalue weighted by molar-refractivity contribution is 6.32. The predicted molar refractivity (Wildman–Crippen MR) is 97.6 cm³/mol. The number of benzene rings is 1. The molecule has 0 aliphatic carbocycles. The van der Waals surface area contributed by atoms with E-state index < -0.39 is 0 Å². The van der Waals surface area contributed by atoms with E-state index in [1.807, 2.05) is 11.0 Å². The highest BCUT2D eigenvalue weighted by Crippen LogP contribution is 2.29. The summed E-state index contributed by atoms with van der Waals surface area (Å²) >= 11 is 6.12. The summed E-state index contributed by atoms with van der Waals surface area (Å²) in [5.74, 6) is 0.854. The monoisotopic (exact) mass is 360 g/mol. The van der Waals surface area contributed by atoms with Crippen molar-refractivity contribution in [2.75, 3.05) is 20.2 Å². The van der Waals surface area contributed by atoms with Crippen LogP contribution in [0, 0.1) is 0 Å². The Morgan fingerprint density at radius 1 is 1.20 bits per heavy atom. The number of hydrogen-bond acceptors (Lipinski definition) is 3. The Balaban J connectivity index is 1.67. The van der Waals surface area contributed by atoms with Gasteiger partial charge in [0.1, 0.15) is 5.75 Å². The maximum Gasteiger partial charge on any atom is 0.253 e. The fraction of sp³-hybridized carbons (Fsp3) is 0.368. The third-order valence-electron chi connectivity index (χ3n) is 4.78. The molecular weight excluding hydrogens is 340 g/mol. The second kappa shape index (κ2) is 7.31. The van der Waals surface area contributed by atoms with Gasteiger partial charge in [0.25, 0.3) is 11.5 Å². The quantitative estimate of drug-likeness (QED) is 0.845. The van der Waals surface area contributed by atoms with Crippen molar-refractivity contribution in [2.24, 2.45) is 7.05 Å². The number of aryl methyl sites for hydroxylation is 1. The first-order valence-electron chi connectivity index (χ1n) is 8.29. The minimum absolute atomic E-state index is 0.00359. The number of pyridine rings is 1. The summed E-state index contributed by atoms with van der Waals surface area (Å²) in [6.07, 6.45) is 3.50. The number of nitrogens with zero attached hydrogens (tertiary/aromatic N) is 2. The average Bonchev–Trinajstić information content (AvgIpc) is 2.63. The van der Waals surface area contributed by atoms with E-state index in [-0.39, 0.29) is 11.5 Å². The van der Waals surface area contributed by atoms with E-state index in [9.17, 15) is 9.59 Å². The molecule has 1 fully saturated rings. The summed E-state index contributed by atoms with van der Waals surface area (Å²) in [5, 5.41) is 0.434. The SMILES string of the molecule is COc1ccc(C(=O)N2CCC(c3ccn(C)c(=O)c3)CC2)cc1Cl. The van der Waals surface area contributed by atoms with Gasteiger partial charge >= 0.3 is 0 Å². The zero-order valence-electron chi connectivity index (χ0n) is 14.4. The Bertz CT molecular complexity index is 839. The van der Waals surface area contributed by atoms with Gasteiger partial charge in [0.15, 0.2) is 0 Å². The first kappa shape index (κ1) is 17.5. The molecule has 0 bridgehead atoms. The van der Waals surface area contributed by atoms with E-state index in [1.165, 1.54) is 0 Å². The van der Waals surface area contributed by atoms with Crippen molar-refractivity contribution in [1.82, 2.24) is 9.47 Å². The summed E-state index contributed by atoms with van der Waals surface area (Å²) in [4.78, 5) is 26.3. The standard InChI is InChI=1S/C19H21ClN2O3/c1-21-8-5-14(12-18(21)23)13-6-9-22(10-7-13)19(24)15-3-4-17(25-2)16(20)11-15/h3-5,8,11-13H,6-7,9-10H2,1-2H3. The van der Waals surface area contributed by atoms with Crippen LogP contribution in [0.2, 0.25) is 5.02 Å². The van der Waals surface area contributed by atoms with Crippen molar-refractivity contribution in [3.05, 3.63) is 63.0 Å². The molecule has 1 aromatic carbocycles. The lowest BCUT2D eigenvalue weighted by molar-refractivity contribution is 0.0713. The van der Waals surface area contributed by atoms with Crippen LogP contribution in [-0.2, 0) is 7.05 Å². The lowest BCUT2D eigenvalue weighted by atomic mass is 9.90. The molecule has 0 atom stereocenters. The zero-order valence-corrected chi connectivity index (χ0v) is 15.1. The van der Waals surface area contributed by atoms with Gasteiger partial charge in [-0.3, -0.25) is 9.59 Å². The summed E-state index contributed by atoms with van der Waals surface area (Å²) in [6.45, 7) is 1.34. The molecule has 0 radical (unpaired) electrons. The number of carbonyl (C=O) groups is 1. The number of carbonyl (C=O) groups excluding carboxylic acids is 1. The molecule has 0 unspecified atom stereocenters. The molecule has 2 heterocycles. The fourth-order valence-corrected chi connectivity index (χ4v) is 3.47. The van der Waals surface area contributed by atoms with Crippen molar-refractivity contribution in [1.29, 1.82) is 0 Å². The van der Waals surface area contributed by atoms with Crippen molar-refractivity contribution in [3.63, 3.8) is 0 Å². The van der Waals surface area contributed by atoms with Crippen LogP contribution >= 0.6 is 11.6 Å². The molecule has 0 N–H and O–H groups in total. The van der Waals surface area contributed by atoms with Crippen LogP contribution in [0.15, 0.2) is 41.3 Å². The van der Waals surface area contributed by atoms with Gasteiger partial charge in [0, 0.05) is 38.0 Å². The molecule has 1 aliphatic rings. The first-order chi connectivity index (χ1) is 12.0. The molecule has 5 nitrogen and oxygen atoms in total. The minimum Gasteiger partial charge on any atom is -0.495 e. The van der Waals surface area contributed by atoms with Crippen molar-refractivity contribution in [3.8, 4) is 5.75 Å². The van der Waals surface area contributed by atoms with Gasteiger partial charge in [-0.25, -0.2) is 0 Å². The molecule has 1 aliphatic heterocycles. The number of ether oxygens (including phenoxy) is 1. The third-order valence-corrected chi connectivity index (χ3v) is 5.08. The van der Waals surface area contributed by atoms with E-state index in [0.29, 0.717) is 35.3 Å². The maximum atomic E-state index is 12.7. The van der Waals surface area contributed by atoms with Gasteiger partial charge < -0.3 is 14.2 Å². The number of amides is 1. The van der Waals surface area contributed by atoms with E-state index in [1.54, 1.807) is 49.2 Å². The number of piperidine rings is 1. The number of aromatic nitrogens is 1. The molecule has 1 amide bonds. The molecule has 3 rings (SSSR count). The van der Waals surface area contributed by atoms with Crippen LogP contribution in [0.5, 0.6) is 5.75 Å². The van der Waals surface area contributed by atoms with Crippen molar-refractivity contribution >= 4 is 17.5 Å². The average molecular weight is 361 g/mol. The Hall–Kier alpha value is -2.27. The van der Waals surface area contributed by atoms with Crippen LogP contribution < -0.4 is 10.3 Å². The zero-order chi connectivity index (χ0) is 18.0. The largest absolute Gasteiger partial charge is 0.495 e. The molecule has 1 aromatic heterocycles. The van der Waals surface area contributed by atoms with Crippen LogP contribution in [0.1, 0.15) is 34.7 Å². The topological polar surface area (TPSA) is 51.5 Å². The lowest BCUT2D eigenvalue weighted by Crippen LogP contribution is -2.38. The lowest BCUT2D eigenvalue weighted by Gasteiger charge is -2.32. The van der Waals surface area contributed by atoms with Crippen molar-refractivity contribution < 1.29 is 9.53 Å². The highest BCUT2D eigenvalue weighted by atomic mass is 35.5. The van der Waals surface area contributed by atoms with Gasteiger partial charge in [-0.05, 0) is 48.6 Å². The van der Waals surface area contributed by atoms with Gasteiger partial charge in [-0.15, -0.1) is 0 Å². The van der Waals surface area contributed by atoms with E-state index >= 15 is 0 Å². The summed E-state index contributed by atoms with van der Waals surface area (Å²) in [6, 6.07) is 8.79. The Labute approximate surface area is 151 Å². The summed E-state index contributed by atoms with van der Waals surface area (Å²) in [7, 11) is 3.29. The van der Waals surface area contributed by atoms with Gasteiger partial charge in [0.05, 0.1) is 12.1 Å². The normalized spacial score (nSPS) is 15.2. The first-order valence-corrected chi connectivity index (χ1v) is 8.67. The number of rotatable bonds is 3. The summed E-state index contributed by atoms with van der Waals surface area (Å²) in [5.41, 5.74) is 1.63. The van der Waals surface area contributed by atoms with Crippen LogP contribution in [0.3, 0.4) is 0 Å². The third kappa shape index (κ3) is 3.71. The molecule has 0 saturated carbocycles. The van der Waals surface area contributed by atoms with Crippen LogP contribution in [0.4, 0.5) is 0 Å². The molecule has 25 heavy (non-hydrogen) atoms. The molecular formula is C19H21ClN2O3. The van der Waals surface area contributed by atoms with Gasteiger partial charge in [0.2, 0.25) is 0 Å². The Morgan fingerprint density at radius 2 is 1.92 bits per heavy atom. The minimum atomic E-state index is -0.0213. The fourth-order valence-electron chi connectivity index (χ4n) is 3.22. The molecule has 0 spiro atoms. The number of hydrogen-bond donors (Lipinski definition) is 0. The van der Waals surface area contributed by atoms with Gasteiger partial charge in [-0.2, -0.15) is 0 Å². The van der Waals surface area contributed by atoms with E-state index in [4.69, 9.17) is 16.3 Å². The summed E-state index contributed by atoms with van der Waals surface area (Å²) < 4.78 is 6.69. The highest BCUT2D eigenvalue weighted by Gasteiger charge is 2.25. The van der Waals surface area contributed by atoms with Crippen molar-refractivity contribution in [2.45, 2.75) is 18.8 Å². The van der Waals surface area contributed by atoms with Crippen LogP contribution in [-0.4, -0.2) is 35.6 Å². The predicted octanol–water partition coefficient (Wildman–Crippen LogP) is 3.07. The maximum absolute atomic E-state index is 12.7. The van der Waals surface area contributed by atoms with Gasteiger partial charge in [-0.1, -0.05) is 11.6 Å². The van der Waals surface area contributed by atoms with E-state index in [2.05, 4.69) is 0 Å². The Morgan fingerprint density at radius 3 is 2.52 bits per heavy atom. The Kier molecular flexibility index (Phi) is 5.13. The molecule has 2 aromatic rings. The van der Waals surface area contributed by atoms with E-state index in [0.717, 1.165) is 18.4 Å². The second-order valence-electron chi connectivity index (χ2n) is 6.33. The second-order valence-corrected chi connectivity index (χ2v) is 6.73. The number of halogens is 1. The van der Waals surface area contributed by atoms with Crippen LogP contribution in [0.25, 0.3) is 0 Å². The molecule has 1 saturated heterocycles. The molecule has 132 valence electrons.